The summed E-state index contributed by atoms with van der Waals surface area (Å²) < 4.78 is 12.1. The van der Waals surface area contributed by atoms with E-state index in [4.69, 9.17) is 9.47 Å². The summed E-state index contributed by atoms with van der Waals surface area (Å²) in [4.78, 5) is 6.83. The van der Waals surface area contributed by atoms with Gasteiger partial charge in [-0.25, -0.2) is 4.98 Å². The summed E-state index contributed by atoms with van der Waals surface area (Å²) in [6, 6.07) is 25.5. The Bertz CT molecular complexity index is 901. The van der Waals surface area contributed by atoms with Crippen molar-refractivity contribution in [2.75, 3.05) is 13.7 Å². The molecule has 0 amide bonds. The van der Waals surface area contributed by atoms with Gasteiger partial charge in [-0.05, 0) is 43.0 Å². The molecule has 0 saturated carbocycles. The van der Waals surface area contributed by atoms with Crippen LogP contribution in [0.3, 0.4) is 0 Å². The maximum atomic E-state index is 6.57. The Morgan fingerprint density at radius 2 is 1.76 bits per heavy atom. The molecule has 1 saturated heterocycles. The highest BCUT2D eigenvalue weighted by atomic mass is 16.5. The third-order valence-corrected chi connectivity index (χ3v) is 5.66. The van der Waals surface area contributed by atoms with Crippen LogP contribution in [0.25, 0.3) is 0 Å². The second kappa shape index (κ2) is 9.21. The zero-order valence-corrected chi connectivity index (χ0v) is 17.1. The third-order valence-electron chi connectivity index (χ3n) is 5.66. The summed E-state index contributed by atoms with van der Waals surface area (Å²) in [5.74, 6) is 0.642. The second-order valence-electron chi connectivity index (χ2n) is 7.56. The van der Waals surface area contributed by atoms with Gasteiger partial charge in [0.15, 0.2) is 0 Å². The standard InChI is InChI=1S/C25H28N2O2/c1-19(15-16-20-10-5-3-6-11-20)27-18-23(22-14-9-17-26-24(22)28-2)29-25(27)21-12-7-4-8-13-21/h3-14,17,19,23,25H,15-16,18H2,1-2H3. The lowest BCUT2D eigenvalue weighted by Gasteiger charge is -2.29. The summed E-state index contributed by atoms with van der Waals surface area (Å²) in [6.07, 6.45) is 3.75. The number of pyridine rings is 1. The Hall–Kier alpha value is -2.69. The number of rotatable bonds is 7. The smallest absolute Gasteiger partial charge is 0.218 e. The highest BCUT2D eigenvalue weighted by Crippen LogP contribution is 2.41. The van der Waals surface area contributed by atoms with Gasteiger partial charge in [-0.15, -0.1) is 0 Å². The summed E-state index contributed by atoms with van der Waals surface area (Å²) in [5, 5.41) is 0. The topological polar surface area (TPSA) is 34.6 Å². The minimum atomic E-state index is -0.0723. The van der Waals surface area contributed by atoms with Crippen molar-refractivity contribution in [3.63, 3.8) is 0 Å². The molecule has 2 aromatic carbocycles. The minimum Gasteiger partial charge on any atom is -0.481 e. The zero-order valence-electron chi connectivity index (χ0n) is 17.1. The Labute approximate surface area is 173 Å². The normalized spacial score (nSPS) is 20.5. The van der Waals surface area contributed by atoms with E-state index in [0.717, 1.165) is 24.9 Å². The number of aryl methyl sites for hydroxylation is 1. The van der Waals surface area contributed by atoms with E-state index in [1.807, 2.05) is 12.1 Å². The molecule has 1 aliphatic rings. The molecule has 29 heavy (non-hydrogen) atoms. The number of ether oxygens (including phenoxy) is 2. The Morgan fingerprint density at radius 1 is 1.03 bits per heavy atom. The first-order valence-electron chi connectivity index (χ1n) is 10.2. The van der Waals surface area contributed by atoms with E-state index in [2.05, 4.69) is 77.5 Å². The number of hydrogen-bond donors (Lipinski definition) is 0. The van der Waals surface area contributed by atoms with Crippen LogP contribution in [0.5, 0.6) is 5.88 Å². The van der Waals surface area contributed by atoms with E-state index >= 15 is 0 Å². The molecule has 4 rings (SSSR count). The van der Waals surface area contributed by atoms with Gasteiger partial charge in [0, 0.05) is 24.3 Å². The lowest BCUT2D eigenvalue weighted by atomic mass is 10.0. The van der Waals surface area contributed by atoms with Crippen molar-refractivity contribution < 1.29 is 9.47 Å². The SMILES string of the molecule is COc1ncccc1C1CN(C(C)CCc2ccccc2)C(c2ccccc2)O1. The first kappa shape index (κ1) is 19.6. The fourth-order valence-electron chi connectivity index (χ4n) is 4.04. The Morgan fingerprint density at radius 3 is 2.48 bits per heavy atom. The van der Waals surface area contributed by atoms with Crippen LogP contribution in [0.15, 0.2) is 79.0 Å². The predicted octanol–water partition coefficient (Wildman–Crippen LogP) is 5.18. The Balaban J connectivity index is 1.55. The molecule has 4 nitrogen and oxygen atoms in total. The predicted molar refractivity (Wildman–Crippen MR) is 115 cm³/mol. The van der Waals surface area contributed by atoms with Gasteiger partial charge in [-0.2, -0.15) is 0 Å². The molecule has 3 aromatic rings. The van der Waals surface area contributed by atoms with Gasteiger partial charge in [0.2, 0.25) is 5.88 Å². The van der Waals surface area contributed by atoms with E-state index in [9.17, 15) is 0 Å². The first-order valence-corrected chi connectivity index (χ1v) is 10.2. The molecule has 1 fully saturated rings. The van der Waals surface area contributed by atoms with E-state index in [0.29, 0.717) is 11.9 Å². The number of hydrogen-bond acceptors (Lipinski definition) is 4. The van der Waals surface area contributed by atoms with Crippen LogP contribution in [0.1, 0.15) is 42.4 Å². The van der Waals surface area contributed by atoms with Crippen molar-refractivity contribution in [1.82, 2.24) is 9.88 Å². The van der Waals surface area contributed by atoms with Gasteiger partial charge in [0.1, 0.15) is 12.3 Å². The van der Waals surface area contributed by atoms with Crippen LogP contribution >= 0.6 is 0 Å². The molecular weight excluding hydrogens is 360 g/mol. The molecule has 0 spiro atoms. The minimum absolute atomic E-state index is 0.0666. The van der Waals surface area contributed by atoms with Crippen LogP contribution in [-0.4, -0.2) is 29.6 Å². The van der Waals surface area contributed by atoms with E-state index < -0.39 is 0 Å². The molecule has 0 bridgehead atoms. The second-order valence-corrected chi connectivity index (χ2v) is 7.56. The highest BCUT2D eigenvalue weighted by molar-refractivity contribution is 5.30. The number of methoxy groups -OCH3 is 1. The molecule has 0 aliphatic carbocycles. The fourth-order valence-corrected chi connectivity index (χ4v) is 4.04. The summed E-state index contributed by atoms with van der Waals surface area (Å²) in [6.45, 7) is 3.11. The number of nitrogens with zero attached hydrogens (tertiary/aromatic N) is 2. The molecule has 2 heterocycles. The van der Waals surface area contributed by atoms with Crippen LogP contribution in [0, 0.1) is 0 Å². The maximum absolute atomic E-state index is 6.57. The van der Waals surface area contributed by atoms with E-state index in [1.54, 1.807) is 13.3 Å². The van der Waals surface area contributed by atoms with Crippen molar-refractivity contribution in [3.05, 3.63) is 95.7 Å². The average Bonchev–Trinajstić information content (AvgIpc) is 3.24. The first-order chi connectivity index (χ1) is 14.3. The molecule has 0 N–H and O–H groups in total. The van der Waals surface area contributed by atoms with Crippen LogP contribution in [0.2, 0.25) is 0 Å². The van der Waals surface area contributed by atoms with Gasteiger partial charge >= 0.3 is 0 Å². The summed E-state index contributed by atoms with van der Waals surface area (Å²) >= 11 is 0. The molecule has 1 aromatic heterocycles. The van der Waals surface area contributed by atoms with Crippen molar-refractivity contribution in [2.45, 2.75) is 38.1 Å². The summed E-state index contributed by atoms with van der Waals surface area (Å²) in [5.41, 5.74) is 3.57. The maximum Gasteiger partial charge on any atom is 0.218 e. The molecule has 4 heteroatoms. The lowest BCUT2D eigenvalue weighted by molar-refractivity contribution is -0.0160. The van der Waals surface area contributed by atoms with Gasteiger partial charge in [-0.1, -0.05) is 60.7 Å². The molecule has 3 atom stereocenters. The van der Waals surface area contributed by atoms with Gasteiger partial charge in [0.25, 0.3) is 0 Å². The monoisotopic (exact) mass is 388 g/mol. The van der Waals surface area contributed by atoms with Crippen LogP contribution in [0.4, 0.5) is 0 Å². The van der Waals surface area contributed by atoms with E-state index in [-0.39, 0.29) is 12.3 Å². The van der Waals surface area contributed by atoms with Crippen molar-refractivity contribution in [3.8, 4) is 5.88 Å². The fraction of sp³-hybridized carbons (Fsp3) is 0.320. The highest BCUT2D eigenvalue weighted by Gasteiger charge is 2.38. The Kier molecular flexibility index (Phi) is 6.23. The van der Waals surface area contributed by atoms with Gasteiger partial charge in [0.05, 0.1) is 7.11 Å². The molecule has 1 aliphatic heterocycles. The molecule has 3 unspecified atom stereocenters. The summed E-state index contributed by atoms with van der Waals surface area (Å²) in [7, 11) is 1.66. The quantitative estimate of drug-likeness (QED) is 0.558. The largest absolute Gasteiger partial charge is 0.481 e. The lowest BCUT2D eigenvalue weighted by Crippen LogP contribution is -2.33. The molecular formula is C25H28N2O2. The van der Waals surface area contributed by atoms with Gasteiger partial charge in [-0.3, -0.25) is 4.90 Å². The van der Waals surface area contributed by atoms with Crippen molar-refractivity contribution >= 4 is 0 Å². The number of benzene rings is 2. The third kappa shape index (κ3) is 4.50. The van der Waals surface area contributed by atoms with Crippen LogP contribution < -0.4 is 4.74 Å². The molecule has 150 valence electrons. The van der Waals surface area contributed by atoms with Crippen molar-refractivity contribution in [1.29, 1.82) is 0 Å². The number of aromatic nitrogens is 1. The molecule has 0 radical (unpaired) electrons. The van der Waals surface area contributed by atoms with Crippen molar-refractivity contribution in [2.24, 2.45) is 0 Å². The average molecular weight is 389 g/mol. The van der Waals surface area contributed by atoms with E-state index in [1.165, 1.54) is 11.1 Å². The van der Waals surface area contributed by atoms with Crippen LogP contribution in [-0.2, 0) is 11.2 Å². The zero-order chi connectivity index (χ0) is 20.1. The van der Waals surface area contributed by atoms with Gasteiger partial charge < -0.3 is 9.47 Å².